The summed E-state index contributed by atoms with van der Waals surface area (Å²) in [5, 5.41) is 11.0. The quantitative estimate of drug-likeness (QED) is 0.745. The molecule has 0 atom stereocenters. The number of hydrogen-bond acceptors (Lipinski definition) is 4. The van der Waals surface area contributed by atoms with Crippen LogP contribution in [0.5, 0.6) is 0 Å². The molecule has 0 aromatic carbocycles. The molecule has 0 unspecified atom stereocenters. The molecule has 0 bridgehead atoms. The van der Waals surface area contributed by atoms with Crippen LogP contribution in [0.15, 0.2) is 10.2 Å². The number of amides is 1. The van der Waals surface area contributed by atoms with Gasteiger partial charge in [0.15, 0.2) is 5.66 Å². The van der Waals surface area contributed by atoms with Crippen LogP contribution < -0.4 is 5.32 Å². The van der Waals surface area contributed by atoms with Crippen molar-refractivity contribution in [2.24, 2.45) is 10.2 Å². The van der Waals surface area contributed by atoms with Crippen LogP contribution in [0.4, 0.5) is 4.79 Å². The van der Waals surface area contributed by atoms with E-state index in [1.54, 1.807) is 0 Å². The first-order valence-electron chi connectivity index (χ1n) is 5.82. The predicted octanol–water partition coefficient (Wildman–Crippen LogP) is 2.62. The molecule has 90 valence electrons. The molecule has 2 rings (SSSR count). The second-order valence-corrected chi connectivity index (χ2v) is 5.60. The Bertz CT molecular complexity index is 304. The standard InChI is InChI=1S/C11H19N3O2/c1-10(2,3)16-9(15)12-8-4-6-11(7-5-8)13-14-11/h8H,4-7H2,1-3H3,(H,12,15). The lowest BCUT2D eigenvalue weighted by Gasteiger charge is -2.27. The van der Waals surface area contributed by atoms with Crippen LogP contribution in [0.1, 0.15) is 46.5 Å². The molecular formula is C11H19N3O2. The fourth-order valence-electron chi connectivity index (χ4n) is 1.97. The van der Waals surface area contributed by atoms with Crippen molar-refractivity contribution >= 4 is 6.09 Å². The highest BCUT2D eigenvalue weighted by atomic mass is 16.6. The maximum Gasteiger partial charge on any atom is 0.407 e. The van der Waals surface area contributed by atoms with E-state index in [1.165, 1.54) is 0 Å². The van der Waals surface area contributed by atoms with Crippen LogP contribution in [-0.4, -0.2) is 23.4 Å². The zero-order valence-corrected chi connectivity index (χ0v) is 10.1. The van der Waals surface area contributed by atoms with Crippen molar-refractivity contribution in [2.75, 3.05) is 0 Å². The lowest BCUT2D eigenvalue weighted by Crippen LogP contribution is -2.42. The molecule has 1 spiro atoms. The highest BCUT2D eigenvalue weighted by Gasteiger charge is 2.43. The molecule has 0 aromatic heterocycles. The summed E-state index contributed by atoms with van der Waals surface area (Å²) in [6, 6.07) is 0.214. The number of nitrogens with one attached hydrogen (secondary N) is 1. The van der Waals surface area contributed by atoms with Crippen LogP contribution in [0.25, 0.3) is 0 Å². The van der Waals surface area contributed by atoms with E-state index in [9.17, 15) is 4.79 Å². The summed E-state index contributed by atoms with van der Waals surface area (Å²) in [5.41, 5.74) is -0.493. The predicted molar refractivity (Wildman–Crippen MR) is 59.2 cm³/mol. The van der Waals surface area contributed by atoms with E-state index < -0.39 is 5.60 Å². The summed E-state index contributed by atoms with van der Waals surface area (Å²) in [6.07, 6.45) is 3.46. The summed E-state index contributed by atoms with van der Waals surface area (Å²) < 4.78 is 5.21. The number of nitrogens with zero attached hydrogens (tertiary/aromatic N) is 2. The van der Waals surface area contributed by atoms with Crippen LogP contribution >= 0.6 is 0 Å². The third kappa shape index (κ3) is 2.93. The highest BCUT2D eigenvalue weighted by molar-refractivity contribution is 5.68. The Morgan fingerprint density at radius 2 is 1.88 bits per heavy atom. The summed E-state index contributed by atoms with van der Waals surface area (Å²) in [5.74, 6) is 0. The normalized spacial score (nSPS) is 23.2. The Labute approximate surface area is 95.6 Å². The average molecular weight is 225 g/mol. The maximum atomic E-state index is 11.5. The Kier molecular flexibility index (Phi) is 2.64. The van der Waals surface area contributed by atoms with Crippen molar-refractivity contribution in [1.29, 1.82) is 0 Å². The third-order valence-corrected chi connectivity index (χ3v) is 2.89. The number of carbonyl (C=O) groups is 1. The van der Waals surface area contributed by atoms with E-state index >= 15 is 0 Å². The molecule has 0 saturated heterocycles. The van der Waals surface area contributed by atoms with Gasteiger partial charge in [0.05, 0.1) is 0 Å². The van der Waals surface area contributed by atoms with Crippen molar-refractivity contribution in [3.8, 4) is 0 Å². The average Bonchev–Trinajstić information content (AvgIpc) is 2.87. The van der Waals surface area contributed by atoms with E-state index in [1.807, 2.05) is 20.8 Å². The van der Waals surface area contributed by atoms with Crippen molar-refractivity contribution in [3.63, 3.8) is 0 Å². The minimum atomic E-state index is -0.429. The molecule has 1 heterocycles. The highest BCUT2D eigenvalue weighted by Crippen LogP contribution is 2.42. The second kappa shape index (κ2) is 3.71. The van der Waals surface area contributed by atoms with Crippen LogP contribution in [0.3, 0.4) is 0 Å². The molecule has 1 aliphatic heterocycles. The smallest absolute Gasteiger partial charge is 0.407 e. The van der Waals surface area contributed by atoms with Crippen molar-refractivity contribution in [3.05, 3.63) is 0 Å². The first-order valence-corrected chi connectivity index (χ1v) is 5.82. The maximum absolute atomic E-state index is 11.5. The van der Waals surface area contributed by atoms with E-state index in [2.05, 4.69) is 15.5 Å². The Hall–Kier alpha value is -1.13. The molecular weight excluding hydrogens is 206 g/mol. The van der Waals surface area contributed by atoms with Gasteiger partial charge in [0.2, 0.25) is 0 Å². The molecule has 5 heteroatoms. The second-order valence-electron chi connectivity index (χ2n) is 5.60. The number of ether oxygens (including phenoxy) is 1. The largest absolute Gasteiger partial charge is 0.444 e. The van der Waals surface area contributed by atoms with Crippen LogP contribution in [0.2, 0.25) is 0 Å². The molecule has 2 aliphatic rings. The zero-order chi connectivity index (χ0) is 11.8. The molecule has 0 aromatic rings. The van der Waals surface area contributed by atoms with Gasteiger partial charge in [-0.2, -0.15) is 10.2 Å². The number of carbonyl (C=O) groups excluding carboxylic acids is 1. The number of rotatable bonds is 1. The van der Waals surface area contributed by atoms with Gasteiger partial charge in [-0.3, -0.25) is 0 Å². The monoisotopic (exact) mass is 225 g/mol. The van der Waals surface area contributed by atoms with Gasteiger partial charge in [-0.15, -0.1) is 0 Å². The summed E-state index contributed by atoms with van der Waals surface area (Å²) in [7, 11) is 0. The Balaban J connectivity index is 1.72. The fourth-order valence-corrected chi connectivity index (χ4v) is 1.97. The van der Waals surface area contributed by atoms with Gasteiger partial charge in [0.1, 0.15) is 5.60 Å². The molecule has 5 nitrogen and oxygen atoms in total. The van der Waals surface area contributed by atoms with Crippen LogP contribution in [-0.2, 0) is 4.74 Å². The van der Waals surface area contributed by atoms with E-state index in [4.69, 9.17) is 4.74 Å². The number of hydrogen-bond donors (Lipinski definition) is 1. The first kappa shape index (κ1) is 11.4. The topological polar surface area (TPSA) is 63.0 Å². The van der Waals surface area contributed by atoms with Gasteiger partial charge in [-0.25, -0.2) is 4.79 Å². The SMILES string of the molecule is CC(C)(C)OC(=O)NC1CCC2(CC1)N=N2. The fraction of sp³-hybridized carbons (Fsp3) is 0.909. The Morgan fingerprint density at radius 1 is 1.31 bits per heavy atom. The van der Waals surface area contributed by atoms with Crippen molar-refractivity contribution < 1.29 is 9.53 Å². The Morgan fingerprint density at radius 3 is 2.31 bits per heavy atom. The van der Waals surface area contributed by atoms with Gasteiger partial charge in [-0.05, 0) is 46.5 Å². The summed E-state index contributed by atoms with van der Waals surface area (Å²) in [6.45, 7) is 5.60. The summed E-state index contributed by atoms with van der Waals surface area (Å²) in [4.78, 5) is 11.5. The molecule has 1 N–H and O–H groups in total. The van der Waals surface area contributed by atoms with Crippen molar-refractivity contribution in [2.45, 2.75) is 63.8 Å². The van der Waals surface area contributed by atoms with Gasteiger partial charge < -0.3 is 10.1 Å². The molecule has 1 amide bonds. The zero-order valence-electron chi connectivity index (χ0n) is 10.1. The minimum absolute atomic E-state index is 0.0634. The molecule has 1 aliphatic carbocycles. The van der Waals surface area contributed by atoms with Crippen molar-refractivity contribution in [1.82, 2.24) is 5.32 Å². The molecule has 16 heavy (non-hydrogen) atoms. The van der Waals surface area contributed by atoms with Gasteiger partial charge in [0.25, 0.3) is 0 Å². The molecule has 1 fully saturated rings. The first-order chi connectivity index (χ1) is 7.39. The molecule has 1 saturated carbocycles. The lowest BCUT2D eigenvalue weighted by atomic mass is 9.89. The van der Waals surface area contributed by atoms with E-state index in [-0.39, 0.29) is 17.8 Å². The van der Waals surface area contributed by atoms with Gasteiger partial charge in [0, 0.05) is 6.04 Å². The molecule has 0 radical (unpaired) electrons. The lowest BCUT2D eigenvalue weighted by molar-refractivity contribution is 0.0489. The number of alkyl carbamates (subject to hydrolysis) is 1. The van der Waals surface area contributed by atoms with E-state index in [0.717, 1.165) is 25.7 Å². The van der Waals surface area contributed by atoms with Gasteiger partial charge >= 0.3 is 6.09 Å². The summed E-state index contributed by atoms with van der Waals surface area (Å²) >= 11 is 0. The van der Waals surface area contributed by atoms with Crippen LogP contribution in [0, 0.1) is 0 Å². The van der Waals surface area contributed by atoms with Gasteiger partial charge in [-0.1, -0.05) is 0 Å². The minimum Gasteiger partial charge on any atom is -0.444 e. The third-order valence-electron chi connectivity index (χ3n) is 2.89. The van der Waals surface area contributed by atoms with E-state index in [0.29, 0.717) is 0 Å².